The van der Waals surface area contributed by atoms with E-state index in [2.05, 4.69) is 46.7 Å². The van der Waals surface area contributed by atoms with Crippen LogP contribution in [0.4, 0.5) is 4.79 Å². The van der Waals surface area contributed by atoms with E-state index in [1.165, 1.54) is 6.42 Å². The van der Waals surface area contributed by atoms with Crippen molar-refractivity contribution in [1.29, 1.82) is 0 Å². The summed E-state index contributed by atoms with van der Waals surface area (Å²) in [4.78, 5) is 44.4. The van der Waals surface area contributed by atoms with Gasteiger partial charge in [-0.15, -0.1) is 0 Å². The average Bonchev–Trinajstić information content (AvgIpc) is 3.49. The lowest BCUT2D eigenvalue weighted by Crippen LogP contribution is -2.71. The molecule has 6 aliphatic heterocycles. The van der Waals surface area contributed by atoms with E-state index in [1.54, 1.807) is 12.1 Å². The maximum atomic E-state index is 13.1. The number of nitrogens with zero attached hydrogens (tertiary/aromatic N) is 1. The van der Waals surface area contributed by atoms with Crippen LogP contribution >= 0.6 is 0 Å². The van der Waals surface area contributed by atoms with Gasteiger partial charge in [-0.2, -0.15) is 0 Å². The summed E-state index contributed by atoms with van der Waals surface area (Å²) in [6.07, 6.45) is 8.89. The van der Waals surface area contributed by atoms with E-state index in [-0.39, 0.29) is 53.7 Å². The Morgan fingerprint density at radius 1 is 0.725 bits per heavy atom. The highest BCUT2D eigenvalue weighted by Gasteiger charge is 2.70. The van der Waals surface area contributed by atoms with Crippen molar-refractivity contribution in [2.75, 3.05) is 0 Å². The summed E-state index contributed by atoms with van der Waals surface area (Å²) in [5.74, 6) is 2.94. The first-order valence-electron chi connectivity index (χ1n) is 20.0. The molecule has 6 heterocycles. The van der Waals surface area contributed by atoms with Gasteiger partial charge < -0.3 is 14.2 Å². The molecule has 1 aromatic rings. The van der Waals surface area contributed by atoms with Gasteiger partial charge in [-0.25, -0.2) is 24.3 Å². The van der Waals surface area contributed by atoms with Gasteiger partial charge in [-0.1, -0.05) is 51.0 Å². The van der Waals surface area contributed by atoms with Crippen LogP contribution < -0.4 is 4.74 Å². The van der Waals surface area contributed by atoms with Crippen molar-refractivity contribution >= 4 is 11.9 Å². The normalized spacial score (nSPS) is 51.5. The predicted molar refractivity (Wildman–Crippen MR) is 186 cm³/mol. The third-order valence-electron chi connectivity index (χ3n) is 15.4. The average molecular weight is 708 g/mol. The molecule has 1 aromatic carbocycles. The highest BCUT2D eigenvalue weighted by Crippen LogP contribution is 2.63. The molecule has 0 N–H and O–H groups in total. The molecule has 0 unspecified atom stereocenters. The van der Waals surface area contributed by atoms with Crippen LogP contribution in [0.3, 0.4) is 0 Å². The van der Waals surface area contributed by atoms with Gasteiger partial charge in [-0.05, 0) is 125 Å². The molecule has 10 nitrogen and oxygen atoms in total. The predicted octanol–water partition coefficient (Wildman–Crippen LogP) is 8.37. The minimum Gasteiger partial charge on any atom is -0.393 e. The second-order valence-electron chi connectivity index (χ2n) is 18.4. The topological polar surface area (TPSA) is 103 Å². The van der Waals surface area contributed by atoms with Crippen molar-refractivity contribution in [3.05, 3.63) is 30.3 Å². The van der Waals surface area contributed by atoms with Crippen molar-refractivity contribution in [2.45, 2.75) is 159 Å². The lowest BCUT2D eigenvalue weighted by Gasteiger charge is -2.62. The maximum Gasteiger partial charge on any atom is 0.540 e. The van der Waals surface area contributed by atoms with E-state index in [4.69, 9.17) is 38.6 Å². The molecular formula is C41H57NO9. The van der Waals surface area contributed by atoms with Crippen LogP contribution in [-0.2, 0) is 33.9 Å². The molecule has 4 aliphatic carbocycles. The molecule has 6 saturated heterocycles. The summed E-state index contributed by atoms with van der Waals surface area (Å²) >= 11 is 0. The molecule has 0 aromatic heterocycles. The van der Waals surface area contributed by atoms with E-state index in [9.17, 15) is 4.79 Å². The summed E-state index contributed by atoms with van der Waals surface area (Å²) in [6, 6.07) is 8.95. The highest BCUT2D eigenvalue weighted by atomic mass is 17.2. The summed E-state index contributed by atoms with van der Waals surface area (Å²) < 4.78 is 20.0. The Labute approximate surface area is 302 Å². The number of carbonyl (C=O) groups is 1. The summed E-state index contributed by atoms with van der Waals surface area (Å²) in [5.41, 5.74) is -1.03. The van der Waals surface area contributed by atoms with Crippen molar-refractivity contribution < 1.29 is 43.4 Å². The fraction of sp³-hybridized carbons (Fsp3) is 0.805. The molecule has 10 fully saturated rings. The Bertz CT molecular complexity index is 1520. The molecular weight excluding hydrogens is 650 g/mol. The van der Waals surface area contributed by atoms with Crippen LogP contribution in [-0.4, -0.2) is 58.7 Å². The molecule has 0 amide bonds. The van der Waals surface area contributed by atoms with Crippen molar-refractivity contribution in [3.63, 3.8) is 0 Å². The third kappa shape index (κ3) is 5.39. The Kier molecular flexibility index (Phi) is 8.49. The lowest BCUT2D eigenvalue weighted by molar-refractivity contribution is -0.487. The summed E-state index contributed by atoms with van der Waals surface area (Å²) in [5, 5.41) is 4.66. The molecule has 4 bridgehead atoms. The fourth-order valence-electron chi connectivity index (χ4n) is 12.7. The number of ether oxygens (including phenoxy) is 3. The van der Waals surface area contributed by atoms with Crippen molar-refractivity contribution in [3.8, 4) is 5.75 Å². The number of para-hydroxylation sites is 1. The maximum absolute atomic E-state index is 13.1. The zero-order valence-corrected chi connectivity index (χ0v) is 31.2. The van der Waals surface area contributed by atoms with Gasteiger partial charge in [0.05, 0.1) is 24.0 Å². The molecule has 10 aliphatic rings. The van der Waals surface area contributed by atoms with Gasteiger partial charge in [0.15, 0.2) is 0 Å². The smallest absolute Gasteiger partial charge is 0.393 e. The van der Waals surface area contributed by atoms with Crippen LogP contribution in [0.1, 0.15) is 112 Å². The zero-order valence-electron chi connectivity index (χ0n) is 31.2. The molecule has 10 heteroatoms. The van der Waals surface area contributed by atoms with Crippen LogP contribution in [0.25, 0.3) is 0 Å². The largest absolute Gasteiger partial charge is 0.540 e. The lowest BCUT2D eigenvalue weighted by atomic mass is 9.55. The van der Waals surface area contributed by atoms with E-state index < -0.39 is 23.0 Å². The van der Waals surface area contributed by atoms with Gasteiger partial charge in [0.25, 0.3) is 0 Å². The van der Waals surface area contributed by atoms with Gasteiger partial charge in [0.2, 0.25) is 0 Å². The molecule has 16 atom stereocenters. The van der Waals surface area contributed by atoms with Crippen LogP contribution in [0.5, 0.6) is 5.75 Å². The summed E-state index contributed by atoms with van der Waals surface area (Å²) in [6.45, 7) is 13.6. The van der Waals surface area contributed by atoms with Gasteiger partial charge >= 0.3 is 6.16 Å². The monoisotopic (exact) mass is 707 g/mol. The first-order valence-corrected chi connectivity index (χ1v) is 20.0. The first kappa shape index (κ1) is 34.7. The van der Waals surface area contributed by atoms with Gasteiger partial charge in [0, 0.05) is 19.3 Å². The number of hydrogen-bond donors (Lipinski definition) is 0. The summed E-state index contributed by atoms with van der Waals surface area (Å²) in [7, 11) is 0. The number of oxime groups is 1. The fourth-order valence-corrected chi connectivity index (χ4v) is 12.7. The van der Waals surface area contributed by atoms with Crippen LogP contribution in [0.15, 0.2) is 35.5 Å². The molecule has 51 heavy (non-hydrogen) atoms. The SMILES string of the molecule is C[C@H]1[C@@H](/C(C[C@H]2O[C@@H]3C[C@@]4(C)CC[C@H]5[C@H](C)CC[C@@H]([C@H]2C)[C@@]35OO4)=N\OC(=O)Oc2ccccc2)O[C@@H]2C[C@@]3(C)CC[C@H]4[C@H](C)CC[C@@H]1[C@@]24OO3. The van der Waals surface area contributed by atoms with E-state index in [0.29, 0.717) is 41.6 Å². The second kappa shape index (κ2) is 12.5. The van der Waals surface area contributed by atoms with Crippen LogP contribution in [0, 0.1) is 47.3 Å². The molecule has 280 valence electrons. The van der Waals surface area contributed by atoms with Crippen LogP contribution in [0.2, 0.25) is 0 Å². The number of rotatable bonds is 5. The van der Waals surface area contributed by atoms with Gasteiger partial charge in [-0.3, -0.25) is 4.84 Å². The standard InChI is InChI=1S/C41H57NO9/c1-23-12-14-30-25(3)33(45-34-21-38(5)18-16-28(23)40(30,34)50-48-38)20-32(42-47-37(43)44-27-10-8-7-9-11-27)36-26(4)31-15-13-24(2)29-17-19-39(6)22-35(46-36)41(29,31)51-49-39/h7-11,23-26,28-31,33-36H,12-22H2,1-6H3/b42-32-/t23-,24-,25-,26-,28+,29+,30+,31+,33-,34-,35-,36+,38-,39-,40-,41-/m1/s1. The minimum atomic E-state index is -0.872. The molecule has 0 radical (unpaired) electrons. The van der Waals surface area contributed by atoms with E-state index in [0.717, 1.165) is 57.8 Å². The molecule has 11 rings (SSSR count). The van der Waals surface area contributed by atoms with Gasteiger partial charge in [0.1, 0.15) is 34.3 Å². The van der Waals surface area contributed by atoms with E-state index in [1.807, 2.05) is 18.2 Å². The van der Waals surface area contributed by atoms with Crippen molar-refractivity contribution in [2.24, 2.45) is 52.5 Å². The number of hydrogen-bond acceptors (Lipinski definition) is 10. The quantitative estimate of drug-likeness (QED) is 0.0746. The molecule has 2 spiro atoms. The highest BCUT2D eigenvalue weighted by molar-refractivity contribution is 5.90. The number of benzene rings is 1. The molecule has 4 saturated carbocycles. The zero-order chi connectivity index (χ0) is 35.3. The van der Waals surface area contributed by atoms with Crippen molar-refractivity contribution in [1.82, 2.24) is 0 Å². The second-order valence-corrected chi connectivity index (χ2v) is 18.4. The Morgan fingerprint density at radius 3 is 1.90 bits per heavy atom. The Balaban J connectivity index is 1.05. The Hall–Kier alpha value is -2.08. The third-order valence-corrected chi connectivity index (χ3v) is 15.4. The minimum absolute atomic E-state index is 0.0458. The number of carbonyl (C=O) groups excluding carboxylic acids is 1. The van der Waals surface area contributed by atoms with E-state index >= 15 is 0 Å². The number of fused-ring (bicyclic) bond motifs is 4. The Morgan fingerprint density at radius 2 is 1.29 bits per heavy atom. The first-order chi connectivity index (χ1) is 24.4.